The van der Waals surface area contributed by atoms with Gasteiger partial charge in [-0.1, -0.05) is 6.92 Å². The number of rotatable bonds is 5. The van der Waals surface area contributed by atoms with Crippen LogP contribution in [0.5, 0.6) is 0 Å². The molecule has 2 heterocycles. The van der Waals surface area contributed by atoms with E-state index in [4.69, 9.17) is 14.5 Å². The highest BCUT2D eigenvalue weighted by Gasteiger charge is 2.71. The Hall–Kier alpha value is -1.32. The van der Waals surface area contributed by atoms with E-state index in [0.717, 1.165) is 64.1 Å². The highest BCUT2D eigenvalue weighted by molar-refractivity contribution is 5.85. The monoisotopic (exact) mass is 516 g/mol. The molecule has 0 aromatic heterocycles. The zero-order chi connectivity index (χ0) is 25.9. The fourth-order valence-electron chi connectivity index (χ4n) is 9.61. The molecule has 2 aliphatic heterocycles. The number of esters is 1. The van der Waals surface area contributed by atoms with Gasteiger partial charge in [-0.15, -0.1) is 0 Å². The maximum absolute atomic E-state index is 12.5. The van der Waals surface area contributed by atoms with Gasteiger partial charge >= 0.3 is 5.97 Å². The minimum absolute atomic E-state index is 0.0658. The lowest BCUT2D eigenvalue weighted by molar-refractivity contribution is -0.237. The Kier molecular flexibility index (Phi) is 6.59. The minimum Gasteiger partial charge on any atom is -0.458 e. The molecule has 6 aliphatic rings. The molecule has 3 N–H and O–H groups in total. The van der Waals surface area contributed by atoms with E-state index in [1.165, 1.54) is 0 Å². The van der Waals surface area contributed by atoms with Crippen LogP contribution in [0.2, 0.25) is 0 Å². The number of morpholine rings is 1. The van der Waals surface area contributed by atoms with Gasteiger partial charge in [0.25, 0.3) is 0 Å². The van der Waals surface area contributed by atoms with Gasteiger partial charge in [-0.3, -0.25) is 9.89 Å². The number of hydrogen-bond donors (Lipinski definition) is 3. The second-order valence-electron chi connectivity index (χ2n) is 13.0. The van der Waals surface area contributed by atoms with Crippen LogP contribution in [0.4, 0.5) is 0 Å². The summed E-state index contributed by atoms with van der Waals surface area (Å²) in [6.07, 6.45) is 9.65. The molecule has 7 unspecified atom stereocenters. The zero-order valence-corrected chi connectivity index (χ0v) is 22.2. The van der Waals surface area contributed by atoms with E-state index in [2.05, 4.69) is 18.0 Å². The van der Waals surface area contributed by atoms with Crippen LogP contribution in [0.15, 0.2) is 16.6 Å². The molecule has 1 saturated heterocycles. The standard InChI is InChI=1S/C29H44N2O6/c1-26-6-3-23-24(29(26,35)9-5-22(26)20-16-25(33)37-18-20)4-8-28(34)17-21(32)2-7-27(23,28)19-30-10-11-31-12-14-36-15-13-31/h16,19,21-24,32,34-35H,2-15,17-18H2,1H3/t21?,22?,23-,24?,26?,27?,28?,29?/m0/s1. The number of fused-ring (bicyclic) bond motifs is 5. The van der Waals surface area contributed by atoms with Gasteiger partial charge in [0.1, 0.15) is 6.61 Å². The van der Waals surface area contributed by atoms with E-state index in [-0.39, 0.29) is 29.1 Å². The fourth-order valence-corrected chi connectivity index (χ4v) is 9.61. The van der Waals surface area contributed by atoms with Crippen molar-refractivity contribution in [2.24, 2.45) is 33.6 Å². The van der Waals surface area contributed by atoms with Crippen molar-refractivity contribution in [3.63, 3.8) is 0 Å². The number of hydrogen-bond acceptors (Lipinski definition) is 8. The third-order valence-electron chi connectivity index (χ3n) is 11.6. The summed E-state index contributed by atoms with van der Waals surface area (Å²) in [5.41, 5.74) is -1.65. The Morgan fingerprint density at radius 1 is 1.08 bits per heavy atom. The normalized spacial score (nSPS) is 48.3. The average molecular weight is 517 g/mol. The number of aliphatic hydroxyl groups is 3. The lowest BCUT2D eigenvalue weighted by Gasteiger charge is -2.65. The molecule has 0 bridgehead atoms. The number of cyclic esters (lactones) is 1. The summed E-state index contributed by atoms with van der Waals surface area (Å²) in [5, 5.41) is 35.2. The van der Waals surface area contributed by atoms with Crippen LogP contribution in [0.1, 0.15) is 64.7 Å². The summed E-state index contributed by atoms with van der Waals surface area (Å²) < 4.78 is 10.7. The predicted octanol–water partition coefficient (Wildman–Crippen LogP) is 2.10. The summed E-state index contributed by atoms with van der Waals surface area (Å²) >= 11 is 0. The van der Waals surface area contributed by atoms with Gasteiger partial charge in [0.05, 0.1) is 37.1 Å². The van der Waals surface area contributed by atoms with E-state index in [9.17, 15) is 20.1 Å². The largest absolute Gasteiger partial charge is 0.458 e. The maximum atomic E-state index is 12.5. The lowest BCUT2D eigenvalue weighted by Crippen LogP contribution is -2.68. The van der Waals surface area contributed by atoms with Crippen LogP contribution in [0.3, 0.4) is 0 Å². The third kappa shape index (κ3) is 3.96. The van der Waals surface area contributed by atoms with Crippen LogP contribution < -0.4 is 0 Å². The Bertz CT molecular complexity index is 964. The zero-order valence-electron chi connectivity index (χ0n) is 22.2. The van der Waals surface area contributed by atoms with Gasteiger partial charge < -0.3 is 24.8 Å². The second-order valence-corrected chi connectivity index (χ2v) is 13.0. The van der Waals surface area contributed by atoms with E-state index in [0.29, 0.717) is 45.3 Å². The molecule has 0 radical (unpaired) electrons. The molecule has 206 valence electrons. The van der Waals surface area contributed by atoms with Crippen LogP contribution in [0.25, 0.3) is 0 Å². The number of nitrogens with zero attached hydrogens (tertiary/aromatic N) is 2. The summed E-state index contributed by atoms with van der Waals surface area (Å²) in [6.45, 7) is 7.53. The van der Waals surface area contributed by atoms with Crippen molar-refractivity contribution >= 4 is 12.2 Å². The summed E-state index contributed by atoms with van der Waals surface area (Å²) in [5.74, 6) is 0.0738. The Balaban J connectivity index is 1.28. The average Bonchev–Trinajstić information content (AvgIpc) is 3.42. The van der Waals surface area contributed by atoms with Crippen molar-refractivity contribution in [3.8, 4) is 0 Å². The quantitative estimate of drug-likeness (QED) is 0.379. The molecule has 4 aliphatic carbocycles. The Morgan fingerprint density at radius 3 is 2.62 bits per heavy atom. The Labute approximate surface area is 220 Å². The van der Waals surface area contributed by atoms with Gasteiger partial charge in [0, 0.05) is 49.2 Å². The molecule has 0 amide bonds. The molecule has 8 atom stereocenters. The molecule has 5 fully saturated rings. The molecule has 0 aromatic rings. The number of ether oxygens (including phenoxy) is 2. The van der Waals surface area contributed by atoms with Crippen LogP contribution in [-0.4, -0.2) is 95.7 Å². The minimum atomic E-state index is -0.995. The van der Waals surface area contributed by atoms with Crippen LogP contribution in [-0.2, 0) is 14.3 Å². The number of aliphatic hydroxyl groups excluding tert-OH is 1. The maximum Gasteiger partial charge on any atom is 0.331 e. The molecule has 8 nitrogen and oxygen atoms in total. The van der Waals surface area contributed by atoms with E-state index < -0.39 is 22.7 Å². The van der Waals surface area contributed by atoms with Gasteiger partial charge in [-0.2, -0.15) is 0 Å². The lowest BCUT2D eigenvalue weighted by atomic mass is 9.41. The van der Waals surface area contributed by atoms with Gasteiger partial charge in [0.2, 0.25) is 0 Å². The number of aliphatic imine (C=N–C) groups is 1. The van der Waals surface area contributed by atoms with Crippen molar-refractivity contribution in [2.45, 2.75) is 82.0 Å². The highest BCUT2D eigenvalue weighted by atomic mass is 16.5. The molecule has 4 saturated carbocycles. The first kappa shape index (κ1) is 25.9. The molecule has 0 spiro atoms. The van der Waals surface area contributed by atoms with E-state index >= 15 is 0 Å². The van der Waals surface area contributed by atoms with Crippen molar-refractivity contribution in [3.05, 3.63) is 11.6 Å². The van der Waals surface area contributed by atoms with E-state index in [1.54, 1.807) is 6.08 Å². The number of carbonyl (C=O) groups excluding carboxylic acids is 1. The van der Waals surface area contributed by atoms with Crippen molar-refractivity contribution in [1.29, 1.82) is 0 Å². The topological polar surface area (TPSA) is 112 Å². The van der Waals surface area contributed by atoms with Gasteiger partial charge in [-0.25, -0.2) is 4.79 Å². The highest BCUT2D eigenvalue weighted by Crippen LogP contribution is 2.70. The molecule has 6 rings (SSSR count). The van der Waals surface area contributed by atoms with Crippen LogP contribution >= 0.6 is 0 Å². The predicted molar refractivity (Wildman–Crippen MR) is 138 cm³/mol. The summed E-state index contributed by atoms with van der Waals surface area (Å²) in [7, 11) is 0. The second kappa shape index (κ2) is 9.40. The molecular weight excluding hydrogens is 472 g/mol. The van der Waals surface area contributed by atoms with E-state index in [1.807, 2.05) is 0 Å². The first-order valence-electron chi connectivity index (χ1n) is 14.5. The van der Waals surface area contributed by atoms with Crippen molar-refractivity contribution in [2.75, 3.05) is 46.0 Å². The molecule has 0 aromatic carbocycles. The SMILES string of the molecule is CC12CC[C@H]3C(CCC4(O)CC(O)CCC34C=NCCN3CCOCC3)C1(O)CCC2C1=CC(=O)OC1. The van der Waals surface area contributed by atoms with Crippen molar-refractivity contribution < 1.29 is 29.6 Å². The van der Waals surface area contributed by atoms with Gasteiger partial charge in [0.15, 0.2) is 0 Å². The summed E-state index contributed by atoms with van der Waals surface area (Å²) in [6, 6.07) is 0. The fraction of sp³-hybridized carbons (Fsp3) is 0.862. The van der Waals surface area contributed by atoms with Crippen molar-refractivity contribution in [1.82, 2.24) is 4.90 Å². The Morgan fingerprint density at radius 2 is 1.86 bits per heavy atom. The third-order valence-corrected chi connectivity index (χ3v) is 11.6. The smallest absolute Gasteiger partial charge is 0.331 e. The first-order chi connectivity index (χ1) is 17.7. The van der Waals surface area contributed by atoms with Crippen LogP contribution in [0, 0.1) is 28.6 Å². The van der Waals surface area contributed by atoms with Gasteiger partial charge in [-0.05, 0) is 74.7 Å². The molecule has 8 heteroatoms. The molecular formula is C29H44N2O6. The molecule has 37 heavy (non-hydrogen) atoms. The first-order valence-corrected chi connectivity index (χ1v) is 14.5. The number of carbonyl (C=O) groups is 1. The summed E-state index contributed by atoms with van der Waals surface area (Å²) in [4.78, 5) is 19.2.